The number of aromatic nitrogens is 1. The lowest BCUT2D eigenvalue weighted by atomic mass is 9.81. The van der Waals surface area contributed by atoms with Gasteiger partial charge >= 0.3 is 11.9 Å². The fourth-order valence-corrected chi connectivity index (χ4v) is 7.76. The Kier molecular flexibility index (Phi) is 14.7. The zero-order valence-corrected chi connectivity index (χ0v) is 34.0. The van der Waals surface area contributed by atoms with Crippen LogP contribution in [-0.2, 0) is 40.4 Å². The Morgan fingerprint density at radius 2 is 1.58 bits per heavy atom. The summed E-state index contributed by atoms with van der Waals surface area (Å²) in [6.07, 6.45) is 1.55. The normalized spacial score (nSPS) is 14.9. The number of aryl methyl sites for hydroxylation is 1. The summed E-state index contributed by atoms with van der Waals surface area (Å²) in [7, 11) is -4.20. The van der Waals surface area contributed by atoms with Crippen molar-refractivity contribution in [2.24, 2.45) is 28.6 Å². The number of rotatable bonds is 17. The van der Waals surface area contributed by atoms with Gasteiger partial charge in [0.2, 0.25) is 11.8 Å². The number of carbonyl (C=O) groups is 4. The highest BCUT2D eigenvalue weighted by Gasteiger charge is 2.36. The van der Waals surface area contributed by atoms with E-state index in [2.05, 4.69) is 20.7 Å². The summed E-state index contributed by atoms with van der Waals surface area (Å²) < 4.78 is 35.0. The van der Waals surface area contributed by atoms with E-state index in [0.29, 0.717) is 16.5 Å². The fraction of sp³-hybridized carbons (Fsp3) is 0.538. The first-order chi connectivity index (χ1) is 25.5. The van der Waals surface area contributed by atoms with Crippen LogP contribution < -0.4 is 16.4 Å². The van der Waals surface area contributed by atoms with Crippen LogP contribution in [-0.4, -0.2) is 71.0 Å². The van der Waals surface area contributed by atoms with Gasteiger partial charge in [-0.25, -0.2) is 17.2 Å². The SMILES string of the molecule is Cc1ccc(S(=O)(=O)n2cc(C[C@H](N)C(=O)OC(C)(C)C)c3ccc([C@@H](C(C)C)[C@H](N=[N+]=[N-])C(=O)N[C@@H](CC(C)C)C(=O)N[C@H](C(=O)O)C(C)C)cc32)cc1. The predicted molar refractivity (Wildman–Crippen MR) is 210 cm³/mol. The van der Waals surface area contributed by atoms with E-state index in [1.54, 1.807) is 65.0 Å². The number of carbonyl (C=O) groups excluding carboxylic acids is 3. The second-order valence-corrected chi connectivity index (χ2v) is 17.9. The number of amides is 2. The number of carboxylic acids is 1. The number of hydrogen-bond acceptors (Lipinski definition) is 9. The van der Waals surface area contributed by atoms with Crippen LogP contribution >= 0.6 is 0 Å². The topological polar surface area (TPSA) is 236 Å². The standard InChI is InChI=1S/C39H55N7O8S/c1-21(2)17-30(35(47)43-33(23(5)6)37(49)50)42-36(48)34(44-45-41)32(22(3)4)25-13-16-28-26(18-29(40)38(51)54-39(8,9)10)20-46(31(28)19-25)55(52,53)27-14-11-24(7)12-15-27/h11-16,19-23,29-30,32-34H,17-18,40H2,1-10H3,(H,42,48)(H,43,47)(H,49,50)/t29-,30-,32+,33-,34-/m0/s1. The minimum atomic E-state index is -4.20. The molecule has 0 aliphatic carbocycles. The second-order valence-electron chi connectivity index (χ2n) is 16.1. The lowest BCUT2D eigenvalue weighted by Gasteiger charge is -2.29. The molecule has 0 fully saturated rings. The number of nitrogens with one attached hydrogen (secondary N) is 2. The number of aliphatic carboxylic acids is 1. The van der Waals surface area contributed by atoms with Gasteiger partial charge in [-0.05, 0) is 86.7 Å². The van der Waals surface area contributed by atoms with E-state index in [1.165, 1.54) is 18.3 Å². The summed E-state index contributed by atoms with van der Waals surface area (Å²) in [6, 6.07) is 6.49. The number of azide groups is 1. The maximum absolute atomic E-state index is 14.2. The molecular formula is C39H55N7O8S. The molecule has 0 saturated heterocycles. The zero-order chi connectivity index (χ0) is 41.6. The maximum atomic E-state index is 14.2. The highest BCUT2D eigenvalue weighted by Crippen LogP contribution is 2.35. The van der Waals surface area contributed by atoms with Crippen LogP contribution in [0, 0.1) is 24.7 Å². The molecule has 3 rings (SSSR count). The van der Waals surface area contributed by atoms with Crippen molar-refractivity contribution in [3.8, 4) is 0 Å². The summed E-state index contributed by atoms with van der Waals surface area (Å²) in [6.45, 7) is 17.6. The molecule has 0 aliphatic rings. The molecule has 0 radical (unpaired) electrons. The van der Waals surface area contributed by atoms with Gasteiger partial charge in [-0.2, -0.15) is 0 Å². The number of ether oxygens (including phenoxy) is 1. The van der Waals surface area contributed by atoms with Gasteiger partial charge in [0.05, 0.1) is 10.4 Å². The Balaban J connectivity index is 2.17. The summed E-state index contributed by atoms with van der Waals surface area (Å²) in [5.74, 6) is -5.02. The van der Waals surface area contributed by atoms with Gasteiger partial charge in [-0.3, -0.25) is 14.4 Å². The minimum absolute atomic E-state index is 0.0206. The second kappa shape index (κ2) is 18.1. The van der Waals surface area contributed by atoms with E-state index in [-0.39, 0.29) is 35.1 Å². The van der Waals surface area contributed by atoms with Crippen molar-refractivity contribution in [1.82, 2.24) is 14.6 Å². The highest BCUT2D eigenvalue weighted by molar-refractivity contribution is 7.90. The maximum Gasteiger partial charge on any atom is 0.326 e. The Morgan fingerprint density at radius 3 is 2.09 bits per heavy atom. The molecule has 5 atom stereocenters. The highest BCUT2D eigenvalue weighted by atomic mass is 32.2. The monoisotopic (exact) mass is 781 g/mol. The lowest BCUT2D eigenvalue weighted by molar-refractivity contribution is -0.156. The van der Waals surface area contributed by atoms with Crippen LogP contribution in [0.15, 0.2) is 58.7 Å². The van der Waals surface area contributed by atoms with Gasteiger partial charge in [-0.1, -0.05) is 76.5 Å². The van der Waals surface area contributed by atoms with E-state index in [0.717, 1.165) is 9.54 Å². The van der Waals surface area contributed by atoms with Gasteiger partial charge in [0.15, 0.2) is 0 Å². The molecule has 0 saturated carbocycles. The molecule has 15 nitrogen and oxygen atoms in total. The molecular weight excluding hydrogens is 727 g/mol. The molecule has 5 N–H and O–H groups in total. The van der Waals surface area contributed by atoms with Gasteiger partial charge in [0.1, 0.15) is 29.8 Å². The van der Waals surface area contributed by atoms with Gasteiger partial charge < -0.3 is 26.2 Å². The largest absolute Gasteiger partial charge is 0.480 e. The van der Waals surface area contributed by atoms with Gasteiger partial charge in [0.25, 0.3) is 10.0 Å². The van der Waals surface area contributed by atoms with Crippen LogP contribution in [0.2, 0.25) is 0 Å². The average molecular weight is 782 g/mol. The molecule has 2 amide bonds. The fourth-order valence-electron chi connectivity index (χ4n) is 6.38. The van der Waals surface area contributed by atoms with Crippen molar-refractivity contribution in [2.45, 2.75) is 123 Å². The molecule has 1 heterocycles. The Morgan fingerprint density at radius 1 is 0.964 bits per heavy atom. The van der Waals surface area contributed by atoms with Gasteiger partial charge in [-0.15, -0.1) is 0 Å². The molecule has 2 aromatic carbocycles. The van der Waals surface area contributed by atoms with E-state index in [1.807, 2.05) is 34.6 Å². The lowest BCUT2D eigenvalue weighted by Crippen LogP contribution is -2.55. The number of esters is 1. The predicted octanol–water partition coefficient (Wildman–Crippen LogP) is 5.57. The summed E-state index contributed by atoms with van der Waals surface area (Å²) in [5.41, 5.74) is 17.2. The Bertz CT molecular complexity index is 2030. The molecule has 300 valence electrons. The molecule has 55 heavy (non-hydrogen) atoms. The Hall–Kier alpha value is -4.92. The van der Waals surface area contributed by atoms with Crippen LogP contribution in [0.1, 0.15) is 91.3 Å². The number of benzene rings is 2. The van der Waals surface area contributed by atoms with Crippen LogP contribution in [0.3, 0.4) is 0 Å². The van der Waals surface area contributed by atoms with Crippen molar-refractivity contribution in [3.05, 3.63) is 75.8 Å². The summed E-state index contributed by atoms with van der Waals surface area (Å²) >= 11 is 0. The van der Waals surface area contributed by atoms with Crippen LogP contribution in [0.25, 0.3) is 21.3 Å². The van der Waals surface area contributed by atoms with E-state index in [9.17, 15) is 38.2 Å². The number of nitrogens with zero attached hydrogens (tertiary/aromatic N) is 4. The average Bonchev–Trinajstić information content (AvgIpc) is 3.43. The minimum Gasteiger partial charge on any atom is -0.480 e. The number of hydrogen-bond donors (Lipinski definition) is 4. The Labute approximate surface area is 323 Å². The van der Waals surface area contributed by atoms with Gasteiger partial charge in [0, 0.05) is 28.8 Å². The third-order valence-electron chi connectivity index (χ3n) is 9.06. The van der Waals surface area contributed by atoms with Crippen molar-refractivity contribution in [2.75, 3.05) is 0 Å². The van der Waals surface area contributed by atoms with Crippen molar-refractivity contribution < 1.29 is 37.4 Å². The molecule has 1 aromatic heterocycles. The molecule has 3 aromatic rings. The van der Waals surface area contributed by atoms with Crippen LogP contribution in [0.4, 0.5) is 0 Å². The number of carboxylic acid groups (broad SMARTS) is 1. The first kappa shape index (κ1) is 44.5. The van der Waals surface area contributed by atoms with Crippen LogP contribution in [0.5, 0.6) is 0 Å². The van der Waals surface area contributed by atoms with Crippen molar-refractivity contribution >= 4 is 44.7 Å². The van der Waals surface area contributed by atoms with Crippen molar-refractivity contribution in [1.29, 1.82) is 0 Å². The van der Waals surface area contributed by atoms with E-state index < -0.39 is 75.4 Å². The quantitative estimate of drug-likeness (QED) is 0.0579. The third kappa shape index (κ3) is 11.3. The number of fused-ring (bicyclic) bond motifs is 1. The molecule has 0 aliphatic heterocycles. The third-order valence-corrected chi connectivity index (χ3v) is 10.8. The zero-order valence-electron chi connectivity index (χ0n) is 33.2. The smallest absolute Gasteiger partial charge is 0.326 e. The molecule has 0 unspecified atom stereocenters. The molecule has 0 spiro atoms. The first-order valence-corrected chi connectivity index (χ1v) is 19.7. The first-order valence-electron chi connectivity index (χ1n) is 18.3. The summed E-state index contributed by atoms with van der Waals surface area (Å²) in [5, 5.41) is 19.3. The molecule has 0 bridgehead atoms. The van der Waals surface area contributed by atoms with Crippen molar-refractivity contribution in [3.63, 3.8) is 0 Å². The number of nitrogens with two attached hydrogens (primary N) is 1. The summed E-state index contributed by atoms with van der Waals surface area (Å²) in [4.78, 5) is 55.2. The van der Waals surface area contributed by atoms with E-state index in [4.69, 9.17) is 10.5 Å². The molecule has 16 heteroatoms. The van der Waals surface area contributed by atoms with E-state index >= 15 is 0 Å².